The third-order valence-electron chi connectivity index (χ3n) is 5.51. The molecule has 2 unspecified atom stereocenters. The number of nitrogens with zero attached hydrogens (tertiary/aromatic N) is 2. The van der Waals surface area contributed by atoms with E-state index in [0.29, 0.717) is 19.4 Å². The molecule has 0 radical (unpaired) electrons. The number of amides is 2. The Morgan fingerprint density at radius 2 is 1.80 bits per heavy atom. The quantitative estimate of drug-likeness (QED) is 0.299. The number of non-ortho nitro benzene ring substituents is 1. The number of carbonyl (C=O) groups is 2. The van der Waals surface area contributed by atoms with E-state index in [1.807, 2.05) is 0 Å². The molecule has 0 aliphatic heterocycles. The number of nitrogens with two attached hydrogens (primary N) is 2. The highest BCUT2D eigenvalue weighted by molar-refractivity contribution is 6.18. The zero-order valence-electron chi connectivity index (χ0n) is 17.6. The Hall–Kier alpha value is -2.36. The first kappa shape index (κ1) is 23.9. The Morgan fingerprint density at radius 1 is 1.17 bits per heavy atom. The van der Waals surface area contributed by atoms with Crippen LogP contribution in [0, 0.1) is 10.1 Å². The Morgan fingerprint density at radius 3 is 2.37 bits per heavy atom. The van der Waals surface area contributed by atoms with E-state index in [1.165, 1.54) is 30.7 Å². The Balaban J connectivity index is 2.21. The van der Waals surface area contributed by atoms with E-state index in [4.69, 9.17) is 11.5 Å². The van der Waals surface area contributed by atoms with E-state index < -0.39 is 28.8 Å². The van der Waals surface area contributed by atoms with Crippen LogP contribution in [0.4, 0.5) is 11.4 Å². The first-order valence-electron chi connectivity index (χ1n) is 10.7. The molecule has 1 aromatic rings. The zero-order chi connectivity index (χ0) is 22.1. The summed E-state index contributed by atoms with van der Waals surface area (Å²) >= 11 is 0. The molecular formula is C21H33N5O4. The fraction of sp³-hybridized carbons (Fsp3) is 0.619. The van der Waals surface area contributed by atoms with Gasteiger partial charge in [0.1, 0.15) is 0 Å². The molecule has 2 rings (SSSR count). The van der Waals surface area contributed by atoms with Gasteiger partial charge in [0.05, 0.1) is 22.7 Å². The Bertz CT molecular complexity index is 719. The SMILES string of the molecule is CC(NC1CCCCC1)C(=O)N(C(=O)C(N)CCCCN)c1ccc([N+](=O)[O-])cc1. The van der Waals surface area contributed by atoms with Crippen LogP contribution in [0.3, 0.4) is 0 Å². The summed E-state index contributed by atoms with van der Waals surface area (Å²) in [6.07, 6.45) is 7.28. The van der Waals surface area contributed by atoms with Gasteiger partial charge >= 0.3 is 0 Å². The van der Waals surface area contributed by atoms with Gasteiger partial charge in [0.2, 0.25) is 0 Å². The number of anilines is 1. The van der Waals surface area contributed by atoms with Gasteiger partial charge in [-0.05, 0) is 51.3 Å². The maximum atomic E-state index is 13.2. The predicted molar refractivity (Wildman–Crippen MR) is 116 cm³/mol. The fourth-order valence-electron chi connectivity index (χ4n) is 3.77. The first-order chi connectivity index (χ1) is 14.3. The van der Waals surface area contributed by atoms with Gasteiger partial charge in [-0.15, -0.1) is 0 Å². The average molecular weight is 420 g/mol. The van der Waals surface area contributed by atoms with Gasteiger partial charge in [-0.3, -0.25) is 19.7 Å². The number of imide groups is 1. The van der Waals surface area contributed by atoms with Crippen LogP contribution in [0.25, 0.3) is 0 Å². The first-order valence-corrected chi connectivity index (χ1v) is 10.7. The number of unbranched alkanes of at least 4 members (excludes halogenated alkanes) is 1. The third-order valence-corrected chi connectivity index (χ3v) is 5.51. The topological polar surface area (TPSA) is 145 Å². The minimum absolute atomic E-state index is 0.112. The van der Waals surface area contributed by atoms with Gasteiger partial charge < -0.3 is 16.8 Å². The number of hydrogen-bond donors (Lipinski definition) is 3. The lowest BCUT2D eigenvalue weighted by atomic mass is 9.95. The second-order valence-electron chi connectivity index (χ2n) is 7.90. The van der Waals surface area contributed by atoms with Crippen molar-refractivity contribution in [1.82, 2.24) is 5.32 Å². The normalized spacial score (nSPS) is 16.6. The fourth-order valence-corrected chi connectivity index (χ4v) is 3.77. The molecule has 166 valence electrons. The van der Waals surface area contributed by atoms with Crippen molar-refractivity contribution in [2.75, 3.05) is 11.4 Å². The molecule has 0 aromatic heterocycles. The van der Waals surface area contributed by atoms with Crippen LogP contribution in [-0.4, -0.2) is 41.4 Å². The van der Waals surface area contributed by atoms with Crippen molar-refractivity contribution in [2.45, 2.75) is 76.4 Å². The molecule has 1 aliphatic rings. The number of hydrogen-bond acceptors (Lipinski definition) is 7. The monoisotopic (exact) mass is 419 g/mol. The summed E-state index contributed by atoms with van der Waals surface area (Å²) in [6.45, 7) is 2.25. The molecule has 9 nitrogen and oxygen atoms in total. The summed E-state index contributed by atoms with van der Waals surface area (Å²) in [5.41, 5.74) is 11.8. The van der Waals surface area contributed by atoms with E-state index in [0.717, 1.165) is 37.0 Å². The van der Waals surface area contributed by atoms with Crippen LogP contribution >= 0.6 is 0 Å². The molecular weight excluding hydrogens is 386 g/mol. The molecule has 0 heterocycles. The van der Waals surface area contributed by atoms with Crippen molar-refractivity contribution in [2.24, 2.45) is 11.5 Å². The van der Waals surface area contributed by atoms with Crippen LogP contribution in [0.15, 0.2) is 24.3 Å². The van der Waals surface area contributed by atoms with Gasteiger partial charge in [-0.25, -0.2) is 4.90 Å². The molecule has 1 saturated carbocycles. The molecule has 9 heteroatoms. The molecule has 0 spiro atoms. The van der Waals surface area contributed by atoms with Crippen molar-refractivity contribution in [3.63, 3.8) is 0 Å². The summed E-state index contributed by atoms with van der Waals surface area (Å²) in [7, 11) is 0. The minimum Gasteiger partial charge on any atom is -0.330 e. The van der Waals surface area contributed by atoms with Crippen molar-refractivity contribution in [3.8, 4) is 0 Å². The van der Waals surface area contributed by atoms with Crippen molar-refractivity contribution in [3.05, 3.63) is 34.4 Å². The van der Waals surface area contributed by atoms with Gasteiger partial charge in [-0.1, -0.05) is 25.7 Å². The van der Waals surface area contributed by atoms with Crippen LogP contribution in [0.5, 0.6) is 0 Å². The highest BCUT2D eigenvalue weighted by Crippen LogP contribution is 2.23. The lowest BCUT2D eigenvalue weighted by molar-refractivity contribution is -0.384. The molecule has 0 bridgehead atoms. The number of nitro groups is 1. The number of nitro benzene ring substituents is 1. The van der Waals surface area contributed by atoms with Gasteiger partial charge in [0.15, 0.2) is 0 Å². The number of carbonyl (C=O) groups excluding carboxylic acids is 2. The Kier molecular flexibility index (Phi) is 9.35. The smallest absolute Gasteiger partial charge is 0.269 e. The molecule has 2 amide bonds. The van der Waals surface area contributed by atoms with Crippen LogP contribution in [0.1, 0.15) is 58.3 Å². The maximum absolute atomic E-state index is 13.2. The average Bonchev–Trinajstić information content (AvgIpc) is 2.74. The second-order valence-corrected chi connectivity index (χ2v) is 7.90. The molecule has 0 saturated heterocycles. The van der Waals surface area contributed by atoms with Crippen LogP contribution < -0.4 is 21.7 Å². The summed E-state index contributed by atoms with van der Waals surface area (Å²) in [5.74, 6) is -0.920. The number of rotatable bonds is 10. The standard InChI is InChI=1S/C21H33N5O4/c1-15(24-16-7-3-2-4-8-16)20(27)25(21(28)19(23)9-5-6-14-22)17-10-12-18(13-11-17)26(29)30/h10-13,15-16,19,24H,2-9,14,22-23H2,1H3. The van der Waals surface area contributed by atoms with Crippen molar-refractivity contribution < 1.29 is 14.5 Å². The predicted octanol–water partition coefficient (Wildman–Crippen LogP) is 2.22. The highest BCUT2D eigenvalue weighted by atomic mass is 16.6. The molecule has 1 aromatic carbocycles. The zero-order valence-corrected chi connectivity index (χ0v) is 17.6. The third kappa shape index (κ3) is 6.58. The molecule has 5 N–H and O–H groups in total. The van der Waals surface area contributed by atoms with Gasteiger partial charge in [-0.2, -0.15) is 0 Å². The number of nitrogens with one attached hydrogen (secondary N) is 1. The van der Waals surface area contributed by atoms with E-state index in [1.54, 1.807) is 6.92 Å². The molecule has 2 atom stereocenters. The van der Waals surface area contributed by atoms with E-state index in [-0.39, 0.29) is 17.4 Å². The second kappa shape index (κ2) is 11.7. The highest BCUT2D eigenvalue weighted by Gasteiger charge is 2.32. The summed E-state index contributed by atoms with van der Waals surface area (Å²) in [5, 5.41) is 14.3. The largest absolute Gasteiger partial charge is 0.330 e. The van der Waals surface area contributed by atoms with Crippen LogP contribution in [-0.2, 0) is 9.59 Å². The Labute approximate surface area is 177 Å². The lowest BCUT2D eigenvalue weighted by Gasteiger charge is -2.30. The lowest BCUT2D eigenvalue weighted by Crippen LogP contribution is -2.54. The maximum Gasteiger partial charge on any atom is 0.269 e. The van der Waals surface area contributed by atoms with Crippen LogP contribution in [0.2, 0.25) is 0 Å². The number of benzene rings is 1. The minimum atomic E-state index is -0.849. The van der Waals surface area contributed by atoms with Gasteiger partial charge in [0.25, 0.3) is 17.5 Å². The molecule has 1 fully saturated rings. The summed E-state index contributed by atoms with van der Waals surface area (Å²) < 4.78 is 0. The summed E-state index contributed by atoms with van der Waals surface area (Å²) in [6, 6.07) is 4.19. The van der Waals surface area contributed by atoms with Gasteiger partial charge in [0, 0.05) is 18.2 Å². The molecule has 1 aliphatic carbocycles. The van der Waals surface area contributed by atoms with E-state index >= 15 is 0 Å². The van der Waals surface area contributed by atoms with E-state index in [9.17, 15) is 19.7 Å². The summed E-state index contributed by atoms with van der Waals surface area (Å²) in [4.78, 5) is 37.8. The van der Waals surface area contributed by atoms with Crippen molar-refractivity contribution >= 4 is 23.2 Å². The molecule has 30 heavy (non-hydrogen) atoms. The van der Waals surface area contributed by atoms with Crippen molar-refractivity contribution in [1.29, 1.82) is 0 Å². The van der Waals surface area contributed by atoms with E-state index in [2.05, 4.69) is 5.32 Å².